The van der Waals surface area contributed by atoms with Crippen LogP contribution in [0, 0.1) is 11.7 Å². The van der Waals surface area contributed by atoms with Crippen LogP contribution in [0.15, 0.2) is 53.6 Å². The van der Waals surface area contributed by atoms with Gasteiger partial charge in [0, 0.05) is 17.7 Å². The Hall–Kier alpha value is -3.02. The Labute approximate surface area is 145 Å². The molecule has 0 aromatic heterocycles. The SMILES string of the molecule is CC(C)CC(=O)Nc1ccc(C(=O)NN=Cc2ccc(F)cc2)cc1. The molecule has 2 aromatic rings. The standard InChI is InChI=1S/C19H20FN3O2/c1-13(2)11-18(24)22-17-9-5-15(6-10-17)19(25)23-21-12-14-3-7-16(20)8-4-14/h3-10,12-13H,11H2,1-2H3,(H,22,24)(H,23,25). The monoisotopic (exact) mass is 341 g/mol. The molecule has 0 saturated carbocycles. The maximum absolute atomic E-state index is 12.8. The van der Waals surface area contributed by atoms with E-state index in [0.717, 1.165) is 0 Å². The predicted molar refractivity (Wildman–Crippen MR) is 96.0 cm³/mol. The lowest BCUT2D eigenvalue weighted by atomic mass is 10.1. The Morgan fingerprint density at radius 2 is 1.72 bits per heavy atom. The minimum absolute atomic E-state index is 0.0592. The van der Waals surface area contributed by atoms with E-state index in [9.17, 15) is 14.0 Å². The Morgan fingerprint density at radius 1 is 1.08 bits per heavy atom. The summed E-state index contributed by atoms with van der Waals surface area (Å²) in [4.78, 5) is 23.7. The van der Waals surface area contributed by atoms with Gasteiger partial charge in [0.1, 0.15) is 5.82 Å². The van der Waals surface area contributed by atoms with Crippen molar-refractivity contribution in [1.82, 2.24) is 5.43 Å². The molecule has 2 rings (SSSR count). The van der Waals surface area contributed by atoms with Crippen LogP contribution in [0.1, 0.15) is 36.2 Å². The van der Waals surface area contributed by atoms with Crippen molar-refractivity contribution >= 4 is 23.7 Å². The zero-order valence-electron chi connectivity index (χ0n) is 14.1. The lowest BCUT2D eigenvalue weighted by molar-refractivity contribution is -0.116. The molecule has 5 nitrogen and oxygen atoms in total. The number of benzene rings is 2. The van der Waals surface area contributed by atoms with Crippen molar-refractivity contribution in [2.45, 2.75) is 20.3 Å². The molecule has 6 heteroatoms. The van der Waals surface area contributed by atoms with E-state index in [2.05, 4.69) is 15.8 Å². The molecule has 0 aliphatic rings. The van der Waals surface area contributed by atoms with Crippen LogP contribution < -0.4 is 10.7 Å². The summed E-state index contributed by atoms with van der Waals surface area (Å²) in [6.07, 6.45) is 1.87. The van der Waals surface area contributed by atoms with Crippen LogP contribution in [0.3, 0.4) is 0 Å². The van der Waals surface area contributed by atoms with E-state index in [0.29, 0.717) is 23.2 Å². The summed E-state index contributed by atoms with van der Waals surface area (Å²) in [5.74, 6) is -0.486. The predicted octanol–water partition coefficient (Wildman–Crippen LogP) is 3.57. The molecule has 2 amide bonds. The number of halogens is 1. The molecular weight excluding hydrogens is 321 g/mol. The number of carbonyl (C=O) groups is 2. The van der Waals surface area contributed by atoms with Crippen molar-refractivity contribution in [3.05, 3.63) is 65.5 Å². The molecule has 2 N–H and O–H groups in total. The summed E-state index contributed by atoms with van der Waals surface area (Å²) < 4.78 is 12.8. The second-order valence-corrected chi connectivity index (χ2v) is 5.97. The number of anilines is 1. The highest BCUT2D eigenvalue weighted by molar-refractivity contribution is 5.96. The molecule has 0 bridgehead atoms. The fourth-order valence-corrected chi connectivity index (χ4v) is 2.07. The molecule has 0 saturated heterocycles. The van der Waals surface area contributed by atoms with E-state index < -0.39 is 0 Å². The van der Waals surface area contributed by atoms with Gasteiger partial charge < -0.3 is 5.32 Å². The molecule has 25 heavy (non-hydrogen) atoms. The van der Waals surface area contributed by atoms with Gasteiger partial charge in [0.2, 0.25) is 5.91 Å². The highest BCUT2D eigenvalue weighted by Gasteiger charge is 2.07. The fraction of sp³-hybridized carbons (Fsp3) is 0.211. The topological polar surface area (TPSA) is 70.6 Å². The third kappa shape index (κ3) is 6.18. The van der Waals surface area contributed by atoms with Crippen molar-refractivity contribution in [3.8, 4) is 0 Å². The molecule has 0 unspecified atom stereocenters. The van der Waals surface area contributed by atoms with Crippen LogP contribution in [0.5, 0.6) is 0 Å². The molecular formula is C19H20FN3O2. The van der Waals surface area contributed by atoms with Gasteiger partial charge in [-0.25, -0.2) is 9.82 Å². The first kappa shape index (κ1) is 18.3. The zero-order chi connectivity index (χ0) is 18.2. The second kappa shape index (κ2) is 8.73. The van der Waals surface area contributed by atoms with Crippen molar-refractivity contribution in [3.63, 3.8) is 0 Å². The molecule has 0 radical (unpaired) electrons. The van der Waals surface area contributed by atoms with Crippen LogP contribution in [0.2, 0.25) is 0 Å². The van der Waals surface area contributed by atoms with Gasteiger partial charge in [0.15, 0.2) is 0 Å². The van der Waals surface area contributed by atoms with Crippen molar-refractivity contribution in [2.75, 3.05) is 5.32 Å². The van der Waals surface area contributed by atoms with Crippen LogP contribution in [-0.4, -0.2) is 18.0 Å². The number of nitrogens with zero attached hydrogens (tertiary/aromatic N) is 1. The molecule has 0 aliphatic carbocycles. The third-order valence-corrected chi connectivity index (χ3v) is 3.27. The number of carbonyl (C=O) groups excluding carboxylic acids is 2. The molecule has 0 atom stereocenters. The van der Waals surface area contributed by atoms with E-state index in [1.54, 1.807) is 36.4 Å². The molecule has 0 heterocycles. The first-order valence-corrected chi connectivity index (χ1v) is 7.93. The normalized spacial score (nSPS) is 10.9. The van der Waals surface area contributed by atoms with E-state index in [4.69, 9.17) is 0 Å². The summed E-state index contributed by atoms with van der Waals surface area (Å²) >= 11 is 0. The largest absolute Gasteiger partial charge is 0.326 e. The van der Waals surface area contributed by atoms with Gasteiger partial charge in [0.05, 0.1) is 6.21 Å². The minimum atomic E-state index is -0.376. The lowest BCUT2D eigenvalue weighted by Gasteiger charge is -2.07. The van der Waals surface area contributed by atoms with Crippen molar-refractivity contribution in [1.29, 1.82) is 0 Å². The molecule has 0 fully saturated rings. The Kier molecular flexibility index (Phi) is 6.39. The van der Waals surface area contributed by atoms with E-state index in [1.807, 2.05) is 13.8 Å². The minimum Gasteiger partial charge on any atom is -0.326 e. The summed E-state index contributed by atoms with van der Waals surface area (Å²) in [5, 5.41) is 6.61. The maximum atomic E-state index is 12.8. The zero-order valence-corrected chi connectivity index (χ0v) is 14.1. The van der Waals surface area contributed by atoms with E-state index in [1.165, 1.54) is 18.3 Å². The Bertz CT molecular complexity index is 753. The highest BCUT2D eigenvalue weighted by atomic mass is 19.1. The smallest absolute Gasteiger partial charge is 0.271 e. The van der Waals surface area contributed by atoms with Gasteiger partial charge in [-0.05, 0) is 47.9 Å². The van der Waals surface area contributed by atoms with Gasteiger partial charge in [-0.2, -0.15) is 5.10 Å². The van der Waals surface area contributed by atoms with Crippen molar-refractivity contribution in [2.24, 2.45) is 11.0 Å². The number of rotatable bonds is 6. The van der Waals surface area contributed by atoms with Gasteiger partial charge in [-0.1, -0.05) is 26.0 Å². The first-order chi connectivity index (χ1) is 11.9. The molecule has 0 spiro atoms. The van der Waals surface area contributed by atoms with Gasteiger partial charge in [0.25, 0.3) is 5.91 Å². The number of amides is 2. The average Bonchev–Trinajstić information content (AvgIpc) is 2.56. The quantitative estimate of drug-likeness (QED) is 0.623. The molecule has 0 aliphatic heterocycles. The first-order valence-electron chi connectivity index (χ1n) is 7.93. The fourth-order valence-electron chi connectivity index (χ4n) is 2.07. The second-order valence-electron chi connectivity index (χ2n) is 5.97. The van der Waals surface area contributed by atoms with Crippen molar-refractivity contribution < 1.29 is 14.0 Å². The number of hydrogen-bond acceptors (Lipinski definition) is 3. The van der Waals surface area contributed by atoms with Gasteiger partial charge in [-0.3, -0.25) is 9.59 Å². The van der Waals surface area contributed by atoms with Gasteiger partial charge in [-0.15, -0.1) is 0 Å². The molecule has 130 valence electrons. The van der Waals surface area contributed by atoms with Crippen LogP contribution in [0.4, 0.5) is 10.1 Å². The Balaban J connectivity index is 1.89. The summed E-state index contributed by atoms with van der Waals surface area (Å²) in [6.45, 7) is 3.94. The van der Waals surface area contributed by atoms with Crippen LogP contribution in [0.25, 0.3) is 0 Å². The number of hydrogen-bond donors (Lipinski definition) is 2. The lowest BCUT2D eigenvalue weighted by Crippen LogP contribution is -2.18. The Morgan fingerprint density at radius 3 is 2.32 bits per heavy atom. The number of nitrogens with one attached hydrogen (secondary N) is 2. The van der Waals surface area contributed by atoms with E-state index in [-0.39, 0.29) is 23.5 Å². The van der Waals surface area contributed by atoms with Crippen LogP contribution >= 0.6 is 0 Å². The van der Waals surface area contributed by atoms with Gasteiger partial charge >= 0.3 is 0 Å². The van der Waals surface area contributed by atoms with E-state index >= 15 is 0 Å². The number of hydrazone groups is 1. The summed E-state index contributed by atoms with van der Waals surface area (Å²) in [5.41, 5.74) is 4.12. The molecule has 2 aromatic carbocycles. The third-order valence-electron chi connectivity index (χ3n) is 3.27. The summed E-state index contributed by atoms with van der Waals surface area (Å²) in [6, 6.07) is 12.3. The maximum Gasteiger partial charge on any atom is 0.271 e. The van der Waals surface area contributed by atoms with Crippen LogP contribution in [-0.2, 0) is 4.79 Å². The highest BCUT2D eigenvalue weighted by Crippen LogP contribution is 2.11. The summed E-state index contributed by atoms with van der Waals surface area (Å²) in [7, 11) is 0. The average molecular weight is 341 g/mol.